The third kappa shape index (κ3) is 4.09. The molecule has 1 saturated heterocycles. The number of benzene rings is 4. The van der Waals surface area contributed by atoms with Crippen LogP contribution in [0.3, 0.4) is 0 Å². The first-order chi connectivity index (χ1) is 19.5. The fourth-order valence-electron chi connectivity index (χ4n) is 5.73. The molecule has 1 fully saturated rings. The second kappa shape index (κ2) is 10.3. The minimum absolute atomic E-state index is 0.351. The number of aryl methyl sites for hydroxylation is 1. The summed E-state index contributed by atoms with van der Waals surface area (Å²) in [5.41, 5.74) is 5.27. The van der Waals surface area contributed by atoms with Crippen molar-refractivity contribution >= 4 is 23.3 Å². The maximum Gasteiger partial charge on any atom is 0.318 e. The van der Waals surface area contributed by atoms with Gasteiger partial charge in [-0.2, -0.15) is 0 Å². The van der Waals surface area contributed by atoms with Crippen molar-refractivity contribution in [3.63, 3.8) is 0 Å². The lowest BCUT2D eigenvalue weighted by Gasteiger charge is -2.37. The second-order valence-corrected chi connectivity index (χ2v) is 10.1. The average molecular weight is 527 g/mol. The Morgan fingerprint density at radius 3 is 1.68 bits per heavy atom. The Balaban J connectivity index is 1.44. The first kappa shape index (κ1) is 25.3. The van der Waals surface area contributed by atoms with Gasteiger partial charge in [0, 0.05) is 25.0 Å². The number of aromatic nitrogens is 2. The predicted molar refractivity (Wildman–Crippen MR) is 157 cm³/mol. The summed E-state index contributed by atoms with van der Waals surface area (Å²) >= 11 is 0. The zero-order chi connectivity index (χ0) is 27.7. The molecule has 0 N–H and O–H groups in total. The van der Waals surface area contributed by atoms with Crippen molar-refractivity contribution < 1.29 is 9.59 Å². The summed E-state index contributed by atoms with van der Waals surface area (Å²) < 4.78 is 2.05. The number of hydrogen-bond acceptors (Lipinski definition) is 3. The van der Waals surface area contributed by atoms with Gasteiger partial charge >= 0.3 is 11.8 Å². The normalized spacial score (nSPS) is 14.1. The SMILES string of the molecule is Cc1cccc(N2CCN(c3cn(C(c4ccccc4)(c4ccccc4)c4ccccc4)cn3)C(=O)C2=O)c1C. The van der Waals surface area contributed by atoms with E-state index in [0.29, 0.717) is 18.9 Å². The van der Waals surface area contributed by atoms with Crippen LogP contribution in [-0.4, -0.2) is 34.5 Å². The van der Waals surface area contributed by atoms with Crippen LogP contribution in [-0.2, 0) is 15.1 Å². The predicted octanol–water partition coefficient (Wildman–Crippen LogP) is 5.72. The number of nitrogens with zero attached hydrogens (tertiary/aromatic N) is 4. The molecule has 6 heteroatoms. The zero-order valence-electron chi connectivity index (χ0n) is 22.6. The first-order valence-electron chi connectivity index (χ1n) is 13.4. The van der Waals surface area contributed by atoms with Gasteiger partial charge in [0.25, 0.3) is 0 Å². The molecule has 2 heterocycles. The molecule has 6 rings (SSSR count). The van der Waals surface area contributed by atoms with Crippen molar-refractivity contribution in [3.05, 3.63) is 150 Å². The highest BCUT2D eigenvalue weighted by molar-refractivity contribution is 6.45. The molecular weight excluding hydrogens is 496 g/mol. The molecule has 0 atom stereocenters. The van der Waals surface area contributed by atoms with E-state index in [-0.39, 0.29) is 0 Å². The molecule has 1 aliphatic heterocycles. The molecule has 1 aromatic heterocycles. The van der Waals surface area contributed by atoms with E-state index in [1.807, 2.05) is 92.8 Å². The maximum absolute atomic E-state index is 13.5. The number of carbonyl (C=O) groups is 2. The number of hydrogen-bond donors (Lipinski definition) is 0. The van der Waals surface area contributed by atoms with Crippen molar-refractivity contribution in [1.29, 1.82) is 0 Å². The van der Waals surface area contributed by atoms with Crippen molar-refractivity contribution in [2.45, 2.75) is 19.4 Å². The van der Waals surface area contributed by atoms with Gasteiger partial charge in [-0.1, -0.05) is 103 Å². The van der Waals surface area contributed by atoms with Crippen LogP contribution < -0.4 is 9.80 Å². The van der Waals surface area contributed by atoms with Crippen LogP contribution >= 0.6 is 0 Å². The van der Waals surface area contributed by atoms with Gasteiger partial charge in [-0.3, -0.25) is 14.5 Å². The van der Waals surface area contributed by atoms with Crippen LogP contribution in [0.1, 0.15) is 27.8 Å². The van der Waals surface area contributed by atoms with Gasteiger partial charge in [0.15, 0.2) is 5.82 Å². The number of amides is 2. The summed E-state index contributed by atoms with van der Waals surface area (Å²) in [6.45, 7) is 4.73. The minimum atomic E-state index is -0.747. The van der Waals surface area contributed by atoms with E-state index in [1.165, 1.54) is 4.90 Å². The maximum atomic E-state index is 13.5. The van der Waals surface area contributed by atoms with E-state index < -0.39 is 17.4 Å². The van der Waals surface area contributed by atoms with Gasteiger partial charge in [0.05, 0.1) is 6.33 Å². The molecule has 4 aromatic carbocycles. The second-order valence-electron chi connectivity index (χ2n) is 10.1. The molecule has 40 heavy (non-hydrogen) atoms. The molecule has 5 aromatic rings. The monoisotopic (exact) mass is 526 g/mol. The summed E-state index contributed by atoms with van der Waals surface area (Å²) in [5.74, 6) is -0.678. The average Bonchev–Trinajstić information content (AvgIpc) is 3.48. The Kier molecular flexibility index (Phi) is 6.52. The summed E-state index contributed by atoms with van der Waals surface area (Å²) in [6, 6.07) is 36.7. The van der Waals surface area contributed by atoms with Crippen LogP contribution in [0.5, 0.6) is 0 Å². The molecular formula is C34H30N4O2. The molecule has 2 amide bonds. The van der Waals surface area contributed by atoms with Gasteiger partial charge in [-0.25, -0.2) is 4.98 Å². The quantitative estimate of drug-likeness (QED) is 0.210. The molecule has 0 spiro atoms. The van der Waals surface area contributed by atoms with Crippen molar-refractivity contribution in [2.24, 2.45) is 0 Å². The highest BCUT2D eigenvalue weighted by Crippen LogP contribution is 2.41. The Hall–Kier alpha value is -4.97. The van der Waals surface area contributed by atoms with Crippen molar-refractivity contribution in [3.8, 4) is 0 Å². The van der Waals surface area contributed by atoms with Crippen LogP contribution in [0.25, 0.3) is 0 Å². The largest absolute Gasteiger partial charge is 0.318 e. The van der Waals surface area contributed by atoms with Gasteiger partial charge in [-0.15, -0.1) is 0 Å². The lowest BCUT2D eigenvalue weighted by molar-refractivity contribution is -0.136. The molecule has 0 unspecified atom stereocenters. The minimum Gasteiger partial charge on any atom is -0.317 e. The number of piperazine rings is 1. The molecule has 0 radical (unpaired) electrons. The fraction of sp³-hybridized carbons (Fsp3) is 0.147. The highest BCUT2D eigenvalue weighted by atomic mass is 16.2. The smallest absolute Gasteiger partial charge is 0.317 e. The first-order valence-corrected chi connectivity index (χ1v) is 13.4. The Morgan fingerprint density at radius 1 is 0.625 bits per heavy atom. The molecule has 0 aliphatic carbocycles. The van der Waals surface area contributed by atoms with Crippen LogP contribution in [0.4, 0.5) is 11.5 Å². The van der Waals surface area contributed by atoms with Gasteiger partial charge < -0.3 is 9.47 Å². The topological polar surface area (TPSA) is 58.4 Å². The summed E-state index contributed by atoms with van der Waals surface area (Å²) in [6.07, 6.45) is 3.64. The Morgan fingerprint density at radius 2 is 1.12 bits per heavy atom. The van der Waals surface area contributed by atoms with E-state index in [0.717, 1.165) is 33.5 Å². The zero-order valence-corrected chi connectivity index (χ0v) is 22.6. The standard InChI is InChI=1S/C34H30N4O2/c1-25-13-12-20-30(26(25)2)37-21-22-38(33(40)32(37)39)31-23-36(24-35-31)34(27-14-6-3-7-15-27,28-16-8-4-9-17-28)29-18-10-5-11-19-29/h3-20,23-24H,21-22H2,1-2H3. The van der Waals surface area contributed by atoms with Crippen LogP contribution in [0.15, 0.2) is 122 Å². The van der Waals surface area contributed by atoms with Crippen molar-refractivity contribution in [1.82, 2.24) is 9.55 Å². The molecule has 0 bridgehead atoms. The van der Waals surface area contributed by atoms with Gasteiger partial charge in [0.2, 0.25) is 0 Å². The van der Waals surface area contributed by atoms with E-state index in [9.17, 15) is 9.59 Å². The summed E-state index contributed by atoms with van der Waals surface area (Å²) in [7, 11) is 0. The third-order valence-electron chi connectivity index (χ3n) is 7.89. The van der Waals surface area contributed by atoms with Crippen LogP contribution in [0.2, 0.25) is 0 Å². The summed E-state index contributed by atoms with van der Waals surface area (Å²) in [5, 5.41) is 0. The number of imidazole rings is 1. The Labute approximate surface area is 234 Å². The molecule has 198 valence electrons. The third-order valence-corrected chi connectivity index (χ3v) is 7.89. The van der Waals surface area contributed by atoms with E-state index in [2.05, 4.69) is 41.0 Å². The lowest BCUT2D eigenvalue weighted by Crippen LogP contribution is -2.55. The van der Waals surface area contributed by atoms with E-state index in [1.54, 1.807) is 11.2 Å². The number of rotatable bonds is 6. The highest BCUT2D eigenvalue weighted by Gasteiger charge is 2.40. The van der Waals surface area contributed by atoms with E-state index in [4.69, 9.17) is 4.98 Å². The van der Waals surface area contributed by atoms with Gasteiger partial charge in [0.1, 0.15) is 5.54 Å². The van der Waals surface area contributed by atoms with E-state index >= 15 is 0 Å². The van der Waals surface area contributed by atoms with Crippen LogP contribution in [0, 0.1) is 13.8 Å². The molecule has 1 aliphatic rings. The van der Waals surface area contributed by atoms with Crippen molar-refractivity contribution in [2.75, 3.05) is 22.9 Å². The Bertz CT molecular complexity index is 1570. The lowest BCUT2D eigenvalue weighted by atomic mass is 9.77. The molecule has 6 nitrogen and oxygen atoms in total. The summed E-state index contributed by atoms with van der Waals surface area (Å²) in [4.78, 5) is 34.6. The molecule has 0 saturated carbocycles. The number of anilines is 2. The number of carbonyl (C=O) groups excluding carboxylic acids is 2. The van der Waals surface area contributed by atoms with Gasteiger partial charge in [-0.05, 0) is 47.7 Å². The fourth-order valence-corrected chi connectivity index (χ4v) is 5.73.